The van der Waals surface area contributed by atoms with E-state index in [4.69, 9.17) is 5.11 Å². The van der Waals surface area contributed by atoms with E-state index in [1.807, 2.05) is 0 Å². The Bertz CT molecular complexity index is 601. The van der Waals surface area contributed by atoms with Gasteiger partial charge >= 0.3 is 0 Å². The highest BCUT2D eigenvalue weighted by Gasteiger charge is 2.06. The Kier molecular flexibility index (Phi) is 4.13. The number of non-ortho nitro benzene ring substituents is 1. The second kappa shape index (κ2) is 5.81. The topological polar surface area (TPSA) is 63.4 Å². The molecule has 0 bridgehead atoms. The summed E-state index contributed by atoms with van der Waals surface area (Å²) in [4.78, 5) is 11.4. The van der Waals surface area contributed by atoms with Crippen LogP contribution in [0.4, 0.5) is 10.1 Å². The predicted molar refractivity (Wildman–Crippen MR) is 69.5 cm³/mol. The molecule has 0 saturated heterocycles. The van der Waals surface area contributed by atoms with Crippen molar-refractivity contribution in [3.05, 3.63) is 64.0 Å². The van der Waals surface area contributed by atoms with Gasteiger partial charge in [-0.15, -0.1) is 0 Å². The van der Waals surface area contributed by atoms with E-state index in [-0.39, 0.29) is 12.3 Å². The van der Waals surface area contributed by atoms with Crippen LogP contribution < -0.4 is 0 Å². The molecule has 0 aliphatic heterocycles. The van der Waals surface area contributed by atoms with Crippen molar-refractivity contribution >= 4 is 17.4 Å². The molecule has 0 saturated carbocycles. The number of rotatable bonds is 4. The molecular formula is C13H10FNO3S. The van der Waals surface area contributed by atoms with E-state index >= 15 is 0 Å². The van der Waals surface area contributed by atoms with E-state index in [9.17, 15) is 14.5 Å². The summed E-state index contributed by atoms with van der Waals surface area (Å²) in [5.41, 5.74) is 0.504. The molecule has 0 unspecified atom stereocenters. The third kappa shape index (κ3) is 3.52. The smallest absolute Gasteiger partial charge is 0.269 e. The van der Waals surface area contributed by atoms with Gasteiger partial charge in [-0.3, -0.25) is 10.1 Å². The Morgan fingerprint density at radius 1 is 1.16 bits per heavy atom. The van der Waals surface area contributed by atoms with E-state index in [0.717, 1.165) is 4.90 Å². The van der Waals surface area contributed by atoms with Crippen molar-refractivity contribution in [3.63, 3.8) is 0 Å². The molecule has 0 aliphatic carbocycles. The van der Waals surface area contributed by atoms with Gasteiger partial charge in [0.25, 0.3) is 5.69 Å². The van der Waals surface area contributed by atoms with Crippen molar-refractivity contribution in [2.24, 2.45) is 0 Å². The fraction of sp³-hybridized carbons (Fsp3) is 0.0769. The number of aliphatic hydroxyl groups is 1. The second-order valence-corrected chi connectivity index (χ2v) is 4.95. The molecule has 2 aromatic rings. The summed E-state index contributed by atoms with van der Waals surface area (Å²) in [6, 6.07) is 10.3. The molecule has 0 spiro atoms. The Balaban J connectivity index is 2.21. The molecule has 0 heterocycles. The monoisotopic (exact) mass is 279 g/mol. The van der Waals surface area contributed by atoms with Gasteiger partial charge in [0, 0.05) is 21.9 Å². The van der Waals surface area contributed by atoms with Gasteiger partial charge in [-0.2, -0.15) is 0 Å². The van der Waals surface area contributed by atoms with Gasteiger partial charge in [0.1, 0.15) is 5.82 Å². The van der Waals surface area contributed by atoms with E-state index < -0.39 is 10.7 Å². The summed E-state index contributed by atoms with van der Waals surface area (Å²) in [7, 11) is 0. The zero-order chi connectivity index (χ0) is 13.8. The minimum Gasteiger partial charge on any atom is -0.392 e. The van der Waals surface area contributed by atoms with Crippen molar-refractivity contribution in [3.8, 4) is 0 Å². The minimum atomic E-state index is -0.472. The fourth-order valence-electron chi connectivity index (χ4n) is 1.54. The number of hydrogen-bond acceptors (Lipinski definition) is 4. The minimum absolute atomic E-state index is 0.0136. The molecule has 0 amide bonds. The molecule has 6 heteroatoms. The summed E-state index contributed by atoms with van der Waals surface area (Å²) in [6.07, 6.45) is 0. The van der Waals surface area contributed by atoms with E-state index in [1.165, 1.54) is 36.0 Å². The molecule has 0 aromatic heterocycles. The number of aliphatic hydroxyl groups excluding tert-OH is 1. The van der Waals surface area contributed by atoms with Crippen LogP contribution >= 0.6 is 11.8 Å². The molecule has 1 N–H and O–H groups in total. The molecule has 98 valence electrons. The van der Waals surface area contributed by atoms with Gasteiger partial charge in [0.15, 0.2) is 0 Å². The average Bonchev–Trinajstić information content (AvgIpc) is 2.38. The van der Waals surface area contributed by atoms with Crippen LogP contribution in [0.5, 0.6) is 0 Å². The first-order chi connectivity index (χ1) is 9.08. The lowest BCUT2D eigenvalue weighted by Gasteiger charge is -2.04. The highest BCUT2D eigenvalue weighted by molar-refractivity contribution is 7.99. The normalized spacial score (nSPS) is 10.4. The lowest BCUT2D eigenvalue weighted by atomic mass is 10.2. The molecule has 4 nitrogen and oxygen atoms in total. The van der Waals surface area contributed by atoms with Crippen molar-refractivity contribution in [2.75, 3.05) is 0 Å². The van der Waals surface area contributed by atoms with Crippen LogP contribution in [0.1, 0.15) is 5.56 Å². The van der Waals surface area contributed by atoms with Crippen LogP contribution in [-0.2, 0) is 6.61 Å². The maximum atomic E-state index is 13.3. The van der Waals surface area contributed by atoms with Crippen molar-refractivity contribution in [2.45, 2.75) is 16.4 Å². The van der Waals surface area contributed by atoms with Gasteiger partial charge < -0.3 is 5.11 Å². The summed E-state index contributed by atoms with van der Waals surface area (Å²) in [6.45, 7) is -0.231. The second-order valence-electron chi connectivity index (χ2n) is 3.81. The molecular weight excluding hydrogens is 269 g/mol. The predicted octanol–water partition coefficient (Wildman–Crippen LogP) is 3.38. The number of halogens is 1. The van der Waals surface area contributed by atoms with Gasteiger partial charge in [-0.1, -0.05) is 11.8 Å². The first-order valence-electron chi connectivity index (χ1n) is 5.41. The zero-order valence-corrected chi connectivity index (χ0v) is 10.6. The van der Waals surface area contributed by atoms with E-state index in [0.29, 0.717) is 10.5 Å². The first kappa shape index (κ1) is 13.5. The van der Waals surface area contributed by atoms with Gasteiger partial charge in [-0.25, -0.2) is 4.39 Å². The molecule has 2 rings (SSSR count). The van der Waals surface area contributed by atoms with Crippen LogP contribution in [-0.4, -0.2) is 10.0 Å². The molecule has 19 heavy (non-hydrogen) atoms. The van der Waals surface area contributed by atoms with E-state index in [1.54, 1.807) is 18.2 Å². The number of nitrogens with zero attached hydrogens (tertiary/aromatic N) is 1. The van der Waals surface area contributed by atoms with Crippen molar-refractivity contribution in [1.29, 1.82) is 0 Å². The highest BCUT2D eigenvalue weighted by atomic mass is 32.2. The third-order valence-corrected chi connectivity index (χ3v) is 3.38. The van der Waals surface area contributed by atoms with E-state index in [2.05, 4.69) is 0 Å². The Labute approximate surface area is 113 Å². The Morgan fingerprint density at radius 2 is 1.84 bits per heavy atom. The maximum absolute atomic E-state index is 13.3. The number of nitro benzene ring substituents is 1. The van der Waals surface area contributed by atoms with Crippen LogP contribution in [0.2, 0.25) is 0 Å². The summed E-state index contributed by atoms with van der Waals surface area (Å²) < 4.78 is 13.3. The molecule has 0 atom stereocenters. The fourth-order valence-corrected chi connectivity index (χ4v) is 2.47. The lowest BCUT2D eigenvalue weighted by molar-refractivity contribution is -0.384. The number of benzene rings is 2. The molecule has 0 aliphatic rings. The maximum Gasteiger partial charge on any atom is 0.269 e. The number of nitro groups is 1. The quantitative estimate of drug-likeness (QED) is 0.688. The molecule has 0 radical (unpaired) electrons. The average molecular weight is 279 g/mol. The molecule has 2 aromatic carbocycles. The zero-order valence-electron chi connectivity index (χ0n) is 9.75. The Morgan fingerprint density at radius 3 is 2.42 bits per heavy atom. The first-order valence-corrected chi connectivity index (χ1v) is 6.23. The van der Waals surface area contributed by atoms with Gasteiger partial charge in [0.2, 0.25) is 0 Å². The van der Waals surface area contributed by atoms with Gasteiger partial charge in [0.05, 0.1) is 11.5 Å². The van der Waals surface area contributed by atoms with Crippen LogP contribution in [0.25, 0.3) is 0 Å². The molecule has 0 fully saturated rings. The highest BCUT2D eigenvalue weighted by Crippen LogP contribution is 2.30. The standard InChI is InChI=1S/C13H10FNO3S/c14-10-5-9(8-16)6-13(7-10)19-12-3-1-11(2-4-12)15(17)18/h1-7,16H,8H2. The number of hydrogen-bond donors (Lipinski definition) is 1. The summed E-state index contributed by atoms with van der Waals surface area (Å²) in [5.74, 6) is -0.420. The summed E-state index contributed by atoms with van der Waals surface area (Å²) >= 11 is 1.28. The summed E-state index contributed by atoms with van der Waals surface area (Å²) in [5, 5.41) is 19.5. The lowest BCUT2D eigenvalue weighted by Crippen LogP contribution is -1.88. The van der Waals surface area contributed by atoms with Crippen molar-refractivity contribution < 1.29 is 14.4 Å². The van der Waals surface area contributed by atoms with Crippen LogP contribution in [0, 0.1) is 15.9 Å². The van der Waals surface area contributed by atoms with Crippen molar-refractivity contribution in [1.82, 2.24) is 0 Å². The third-order valence-electron chi connectivity index (χ3n) is 2.40. The van der Waals surface area contributed by atoms with Crippen LogP contribution in [0.3, 0.4) is 0 Å². The largest absolute Gasteiger partial charge is 0.392 e. The SMILES string of the molecule is O=[N+]([O-])c1ccc(Sc2cc(F)cc(CO)c2)cc1. The van der Waals surface area contributed by atoms with Gasteiger partial charge in [-0.05, 0) is 35.9 Å². The van der Waals surface area contributed by atoms with Crippen LogP contribution in [0.15, 0.2) is 52.3 Å². The Hall–Kier alpha value is -1.92.